The van der Waals surface area contributed by atoms with Gasteiger partial charge in [-0.3, -0.25) is 19.3 Å². The molecule has 2 aliphatic rings. The van der Waals surface area contributed by atoms with Crippen LogP contribution in [0.4, 0.5) is 5.69 Å². The first kappa shape index (κ1) is 18.7. The molecule has 0 unspecified atom stereocenters. The maximum atomic E-state index is 13.2. The fraction of sp³-hybridized carbons (Fsp3) is 0.381. The molecule has 1 saturated heterocycles. The molecule has 6 nitrogen and oxygen atoms in total. The number of hydrogen-bond acceptors (Lipinski definition) is 4. The van der Waals surface area contributed by atoms with Crippen molar-refractivity contribution in [2.75, 3.05) is 18.5 Å². The highest BCUT2D eigenvalue weighted by molar-refractivity contribution is 7.09. The summed E-state index contributed by atoms with van der Waals surface area (Å²) in [6.07, 6.45) is 1.21. The van der Waals surface area contributed by atoms with Crippen LogP contribution in [0, 0.1) is 0 Å². The van der Waals surface area contributed by atoms with Crippen LogP contribution in [0.5, 0.6) is 0 Å². The zero-order valence-electron chi connectivity index (χ0n) is 16.1. The van der Waals surface area contributed by atoms with E-state index in [9.17, 15) is 14.4 Å². The first-order valence-electron chi connectivity index (χ1n) is 9.42. The highest BCUT2D eigenvalue weighted by Gasteiger charge is 2.52. The minimum Gasteiger partial charge on any atom is -0.341 e. The third-order valence-electron chi connectivity index (χ3n) is 5.69. The normalized spacial score (nSPS) is 20.9. The lowest BCUT2D eigenvalue weighted by atomic mass is 9.98. The van der Waals surface area contributed by atoms with Gasteiger partial charge in [-0.2, -0.15) is 0 Å². The summed E-state index contributed by atoms with van der Waals surface area (Å²) in [7, 11) is 1.78. The number of para-hydroxylation sites is 1. The van der Waals surface area contributed by atoms with E-state index in [1.54, 1.807) is 45.2 Å². The molecule has 1 atom stereocenters. The molecule has 146 valence electrons. The zero-order chi connectivity index (χ0) is 19.9. The van der Waals surface area contributed by atoms with Gasteiger partial charge < -0.3 is 9.80 Å². The lowest BCUT2D eigenvalue weighted by Gasteiger charge is -2.48. The SMILES string of the molecule is CN(Cc1cccs1)C(=O)CCN1C(=O)c2ccccc2N2C(=O)CC[C@@]12C. The number of fused-ring (bicyclic) bond motifs is 3. The van der Waals surface area contributed by atoms with Crippen LogP contribution >= 0.6 is 11.3 Å². The lowest BCUT2D eigenvalue weighted by molar-refractivity contribution is -0.130. The highest BCUT2D eigenvalue weighted by Crippen LogP contribution is 2.43. The van der Waals surface area contributed by atoms with E-state index in [1.807, 2.05) is 36.6 Å². The van der Waals surface area contributed by atoms with Gasteiger partial charge in [0.05, 0.1) is 17.8 Å². The molecule has 0 N–H and O–H groups in total. The second kappa shape index (κ2) is 7.05. The molecule has 3 heterocycles. The standard InChI is InChI=1S/C21H23N3O3S/c1-21-11-9-19(26)24(21)17-8-4-3-7-16(17)20(27)23(21)12-10-18(25)22(2)14-15-6-5-13-28-15/h3-8,13H,9-12,14H2,1-2H3/t21-/m0/s1. The smallest absolute Gasteiger partial charge is 0.257 e. The Balaban J connectivity index is 1.53. The van der Waals surface area contributed by atoms with E-state index in [-0.39, 0.29) is 24.1 Å². The van der Waals surface area contributed by atoms with Gasteiger partial charge in [0, 0.05) is 31.3 Å². The van der Waals surface area contributed by atoms with E-state index in [0.717, 1.165) is 4.88 Å². The predicted octanol–water partition coefficient (Wildman–Crippen LogP) is 3.10. The van der Waals surface area contributed by atoms with Gasteiger partial charge in [-0.25, -0.2) is 0 Å². The Hall–Kier alpha value is -2.67. The van der Waals surface area contributed by atoms with Gasteiger partial charge in [0.1, 0.15) is 5.66 Å². The maximum absolute atomic E-state index is 13.2. The molecule has 0 radical (unpaired) electrons. The second-order valence-corrected chi connectivity index (χ2v) is 8.53. The van der Waals surface area contributed by atoms with Crippen molar-refractivity contribution < 1.29 is 14.4 Å². The van der Waals surface area contributed by atoms with Gasteiger partial charge in [-0.1, -0.05) is 18.2 Å². The molecule has 1 aromatic heterocycles. The number of rotatable bonds is 5. The monoisotopic (exact) mass is 397 g/mol. The second-order valence-electron chi connectivity index (χ2n) is 7.50. The van der Waals surface area contributed by atoms with Gasteiger partial charge in [0.15, 0.2) is 0 Å². The number of thiophene rings is 1. The summed E-state index contributed by atoms with van der Waals surface area (Å²) in [5, 5.41) is 1.99. The number of amides is 3. The summed E-state index contributed by atoms with van der Waals surface area (Å²) in [6, 6.07) is 11.2. The highest BCUT2D eigenvalue weighted by atomic mass is 32.1. The van der Waals surface area contributed by atoms with Crippen molar-refractivity contribution in [2.24, 2.45) is 0 Å². The summed E-state index contributed by atoms with van der Waals surface area (Å²) in [4.78, 5) is 44.6. The number of benzene rings is 1. The van der Waals surface area contributed by atoms with E-state index in [4.69, 9.17) is 0 Å². The van der Waals surface area contributed by atoms with Gasteiger partial charge >= 0.3 is 0 Å². The minimum absolute atomic E-state index is 0.0143. The average molecular weight is 398 g/mol. The molecular weight excluding hydrogens is 374 g/mol. The van der Waals surface area contributed by atoms with Crippen molar-refractivity contribution in [3.8, 4) is 0 Å². The quantitative estimate of drug-likeness (QED) is 0.779. The molecule has 1 fully saturated rings. The molecule has 2 aliphatic heterocycles. The fourth-order valence-corrected chi connectivity index (χ4v) is 4.92. The molecule has 1 aromatic carbocycles. The molecule has 2 aromatic rings. The fourth-order valence-electron chi connectivity index (χ4n) is 4.16. The zero-order valence-corrected chi connectivity index (χ0v) is 16.9. The lowest BCUT2D eigenvalue weighted by Crippen LogP contribution is -2.62. The Bertz CT molecular complexity index is 927. The van der Waals surface area contributed by atoms with Crippen molar-refractivity contribution in [2.45, 2.75) is 38.4 Å². The van der Waals surface area contributed by atoms with Gasteiger partial charge in [-0.15, -0.1) is 11.3 Å². The molecule has 0 spiro atoms. The van der Waals surface area contributed by atoms with Crippen molar-refractivity contribution in [3.05, 3.63) is 52.2 Å². The van der Waals surface area contributed by atoms with Crippen molar-refractivity contribution >= 4 is 34.7 Å². The summed E-state index contributed by atoms with van der Waals surface area (Å²) in [5.41, 5.74) is 0.485. The number of nitrogens with zero attached hydrogens (tertiary/aromatic N) is 3. The van der Waals surface area contributed by atoms with E-state index in [1.165, 1.54) is 0 Å². The van der Waals surface area contributed by atoms with Crippen molar-refractivity contribution in [1.29, 1.82) is 0 Å². The van der Waals surface area contributed by atoms with Crippen LogP contribution in [-0.4, -0.2) is 46.8 Å². The molecule has 4 rings (SSSR count). The van der Waals surface area contributed by atoms with E-state index in [0.29, 0.717) is 37.2 Å². The van der Waals surface area contributed by atoms with E-state index in [2.05, 4.69) is 0 Å². The van der Waals surface area contributed by atoms with Crippen LogP contribution in [-0.2, 0) is 16.1 Å². The summed E-state index contributed by atoms with van der Waals surface area (Å²) < 4.78 is 0. The topological polar surface area (TPSA) is 60.9 Å². The molecule has 7 heteroatoms. The largest absolute Gasteiger partial charge is 0.341 e. The number of anilines is 1. The summed E-state index contributed by atoms with van der Waals surface area (Å²) in [5.74, 6) is -0.106. The summed E-state index contributed by atoms with van der Waals surface area (Å²) in [6.45, 7) is 2.78. The molecule has 0 bridgehead atoms. The number of carbonyl (C=O) groups is 3. The van der Waals surface area contributed by atoms with Gasteiger partial charge in [0.25, 0.3) is 5.91 Å². The Kier molecular flexibility index (Phi) is 4.71. The van der Waals surface area contributed by atoms with Crippen LogP contribution < -0.4 is 4.90 Å². The van der Waals surface area contributed by atoms with Crippen LogP contribution in [0.2, 0.25) is 0 Å². The van der Waals surface area contributed by atoms with Crippen LogP contribution in [0.15, 0.2) is 41.8 Å². The van der Waals surface area contributed by atoms with E-state index < -0.39 is 5.66 Å². The predicted molar refractivity (Wildman–Crippen MR) is 108 cm³/mol. The molecule has 0 aliphatic carbocycles. The minimum atomic E-state index is -0.713. The van der Waals surface area contributed by atoms with Crippen LogP contribution in [0.25, 0.3) is 0 Å². The molecular formula is C21H23N3O3S. The number of hydrogen-bond donors (Lipinski definition) is 0. The average Bonchev–Trinajstić information content (AvgIpc) is 3.29. The van der Waals surface area contributed by atoms with E-state index >= 15 is 0 Å². The summed E-state index contributed by atoms with van der Waals surface area (Å²) >= 11 is 1.62. The maximum Gasteiger partial charge on any atom is 0.257 e. The Morgan fingerprint density at radius 3 is 2.75 bits per heavy atom. The van der Waals surface area contributed by atoms with Gasteiger partial charge in [0.2, 0.25) is 11.8 Å². The van der Waals surface area contributed by atoms with Crippen LogP contribution in [0.1, 0.15) is 41.4 Å². The Labute approximate surface area is 168 Å². The number of carbonyl (C=O) groups excluding carboxylic acids is 3. The third-order valence-corrected chi connectivity index (χ3v) is 6.55. The van der Waals surface area contributed by atoms with Crippen LogP contribution in [0.3, 0.4) is 0 Å². The van der Waals surface area contributed by atoms with Crippen molar-refractivity contribution in [3.63, 3.8) is 0 Å². The van der Waals surface area contributed by atoms with Gasteiger partial charge in [-0.05, 0) is 36.9 Å². The van der Waals surface area contributed by atoms with Crippen molar-refractivity contribution in [1.82, 2.24) is 9.80 Å². The Morgan fingerprint density at radius 2 is 2.00 bits per heavy atom. The third kappa shape index (κ3) is 2.99. The molecule has 3 amide bonds. The molecule has 28 heavy (non-hydrogen) atoms. The first-order valence-corrected chi connectivity index (χ1v) is 10.3. The molecule has 0 saturated carbocycles. The first-order chi connectivity index (χ1) is 13.4. The Morgan fingerprint density at radius 1 is 1.21 bits per heavy atom.